The summed E-state index contributed by atoms with van der Waals surface area (Å²) in [5, 5.41) is 89.8. The molecule has 0 bridgehead atoms. The van der Waals surface area contributed by atoms with Crippen LogP contribution in [0.25, 0.3) is 0 Å². The number of guanidine groups is 1. The van der Waals surface area contributed by atoms with Crippen LogP contribution in [0.2, 0.25) is 0 Å². The Balaban J connectivity index is 3.67. The molecule has 662 valence electrons. The molecule has 0 saturated carbocycles. The summed E-state index contributed by atoms with van der Waals surface area (Å²) in [4.78, 5) is 258. The highest BCUT2D eigenvalue weighted by atomic mass is 32.2. The second-order valence-electron chi connectivity index (χ2n) is 29.1. The van der Waals surface area contributed by atoms with Gasteiger partial charge < -0.3 is 128 Å². The molecule has 29 N–H and O–H groups in total. The molecule has 0 aliphatic rings. The van der Waals surface area contributed by atoms with Crippen molar-refractivity contribution >= 4 is 130 Å². The van der Waals surface area contributed by atoms with Crippen LogP contribution < -0.4 is 97.8 Å². The highest BCUT2D eigenvalue weighted by molar-refractivity contribution is 7.98. The lowest BCUT2D eigenvalue weighted by molar-refractivity contribution is -0.142. The van der Waals surface area contributed by atoms with Crippen LogP contribution in [0.1, 0.15) is 163 Å². The first kappa shape index (κ1) is 105. The maximum absolute atomic E-state index is 14.4. The van der Waals surface area contributed by atoms with Gasteiger partial charge >= 0.3 is 29.8 Å². The number of carboxylic acids is 5. The second kappa shape index (κ2) is 55.3. The van der Waals surface area contributed by atoms with E-state index in [1.54, 1.807) is 64.3 Å². The van der Waals surface area contributed by atoms with Crippen molar-refractivity contribution in [2.75, 3.05) is 31.7 Å². The van der Waals surface area contributed by atoms with E-state index in [0.717, 1.165) is 18.7 Å². The number of hydrogen-bond acceptors (Lipinski definition) is 24. The summed E-state index contributed by atoms with van der Waals surface area (Å²) in [7, 11) is 0. The third-order valence-corrected chi connectivity index (χ3v) is 18.3. The number of amides is 14. The van der Waals surface area contributed by atoms with Gasteiger partial charge in [0.2, 0.25) is 82.7 Å². The number of carboxylic acid groups (broad SMARTS) is 5. The zero-order valence-electron chi connectivity index (χ0n) is 67.4. The summed E-state index contributed by atoms with van der Waals surface area (Å²) in [6, 6.07) is -14.6. The van der Waals surface area contributed by atoms with Crippen molar-refractivity contribution in [2.45, 2.75) is 249 Å². The van der Waals surface area contributed by atoms with Gasteiger partial charge in [0.1, 0.15) is 78.5 Å². The van der Waals surface area contributed by atoms with Gasteiger partial charge in [-0.2, -0.15) is 11.8 Å². The lowest BCUT2D eigenvalue weighted by Crippen LogP contribution is -2.61. The van der Waals surface area contributed by atoms with Gasteiger partial charge in [-0.3, -0.25) is 91.3 Å². The Morgan fingerprint density at radius 2 is 0.754 bits per heavy atom. The predicted octanol–water partition coefficient (Wildman–Crippen LogP) is -6.03. The number of rotatable bonds is 60. The number of nitrogens with two attached hydrogens (primary N) is 5. The van der Waals surface area contributed by atoms with Crippen LogP contribution in [0, 0.1) is 17.8 Å². The Hall–Kier alpha value is -11.4. The van der Waals surface area contributed by atoms with Gasteiger partial charge in [-0.1, -0.05) is 71.9 Å². The Bertz CT molecular complexity index is 3610. The van der Waals surface area contributed by atoms with Crippen molar-refractivity contribution in [1.29, 1.82) is 0 Å². The Morgan fingerprint density at radius 1 is 0.398 bits per heavy atom. The maximum atomic E-state index is 14.4. The van der Waals surface area contributed by atoms with Gasteiger partial charge in [-0.05, 0) is 126 Å². The summed E-state index contributed by atoms with van der Waals surface area (Å²) >= 11 is 1.15. The molecular weight excluding hydrogens is 1570 g/mol. The van der Waals surface area contributed by atoms with Gasteiger partial charge in [0, 0.05) is 38.6 Å². The fraction of sp³-hybridized carbons (Fsp3) is 0.644. The number of aliphatic hydroxyl groups excluding tert-OH is 1. The number of benzene rings is 1. The van der Waals surface area contributed by atoms with Crippen LogP contribution in [0.5, 0.6) is 0 Å². The molecule has 118 heavy (non-hydrogen) atoms. The van der Waals surface area contributed by atoms with Crippen LogP contribution in [0.15, 0.2) is 35.3 Å². The van der Waals surface area contributed by atoms with Crippen molar-refractivity contribution in [3.8, 4) is 0 Å². The first-order valence-corrected chi connectivity index (χ1v) is 39.7. The number of aliphatic imine (C=N–C) groups is 1. The third-order valence-electron chi connectivity index (χ3n) is 17.7. The molecule has 0 heterocycles. The van der Waals surface area contributed by atoms with Crippen molar-refractivity contribution in [2.24, 2.45) is 51.4 Å². The molecule has 0 saturated heterocycles. The van der Waals surface area contributed by atoms with Crippen LogP contribution >= 0.6 is 11.8 Å². The lowest BCUT2D eigenvalue weighted by atomic mass is 9.99. The first-order valence-electron chi connectivity index (χ1n) is 38.3. The van der Waals surface area contributed by atoms with E-state index in [-0.39, 0.29) is 94.4 Å². The van der Waals surface area contributed by atoms with Crippen LogP contribution in [-0.4, -0.2) is 265 Å². The van der Waals surface area contributed by atoms with E-state index < -0.39 is 267 Å². The number of nitrogens with zero attached hydrogens (tertiary/aromatic N) is 1. The zero-order valence-corrected chi connectivity index (χ0v) is 68.3. The fourth-order valence-electron chi connectivity index (χ4n) is 11.3. The number of hydrogen-bond donors (Lipinski definition) is 24. The number of primary amides is 1. The van der Waals surface area contributed by atoms with E-state index in [1.807, 2.05) is 0 Å². The van der Waals surface area contributed by atoms with Crippen LogP contribution in [0.4, 0.5) is 0 Å². The molecule has 14 amide bonds. The predicted molar refractivity (Wildman–Crippen MR) is 424 cm³/mol. The third kappa shape index (κ3) is 42.5. The quantitative estimate of drug-likeness (QED) is 0.0164. The molecule has 1 aromatic rings. The molecule has 45 heteroatoms. The van der Waals surface area contributed by atoms with E-state index in [2.05, 4.69) is 74.1 Å². The number of thioether (sulfide) groups is 1. The molecule has 14 atom stereocenters. The average Bonchev–Trinajstić information content (AvgIpc) is 0.857. The molecule has 0 fully saturated rings. The van der Waals surface area contributed by atoms with E-state index in [9.17, 15) is 117 Å². The number of carbonyl (C=O) groups excluding carboxylic acids is 14. The molecule has 0 aromatic heterocycles. The van der Waals surface area contributed by atoms with Crippen molar-refractivity contribution in [3.05, 3.63) is 35.9 Å². The van der Waals surface area contributed by atoms with Gasteiger partial charge in [-0.15, -0.1) is 0 Å². The number of aliphatic carboxylic acids is 5. The highest BCUT2D eigenvalue weighted by Gasteiger charge is 2.39. The van der Waals surface area contributed by atoms with Gasteiger partial charge in [0.25, 0.3) is 0 Å². The smallest absolute Gasteiger partial charge is 0.326 e. The fourth-order valence-corrected chi connectivity index (χ4v) is 11.8. The number of unbranched alkanes of at least 4 members (excludes halogenated alkanes) is 1. The first-order chi connectivity index (χ1) is 55.3. The minimum absolute atomic E-state index is 0.00927. The number of carbonyl (C=O) groups is 19. The minimum atomic E-state index is -2.00. The maximum Gasteiger partial charge on any atom is 0.326 e. The van der Waals surface area contributed by atoms with Crippen molar-refractivity contribution in [1.82, 2.24) is 69.1 Å². The summed E-state index contributed by atoms with van der Waals surface area (Å²) < 4.78 is 0. The molecule has 0 unspecified atom stereocenters. The van der Waals surface area contributed by atoms with E-state index in [4.69, 9.17) is 33.8 Å². The van der Waals surface area contributed by atoms with Gasteiger partial charge in [-0.25, -0.2) is 4.79 Å². The summed E-state index contributed by atoms with van der Waals surface area (Å²) in [5.41, 5.74) is 28.4. The molecule has 0 radical (unpaired) electrons. The molecule has 1 aromatic carbocycles. The summed E-state index contributed by atoms with van der Waals surface area (Å²) in [6.07, 6.45) is -5.52. The summed E-state index contributed by atoms with van der Waals surface area (Å²) in [5.74, 6) is -24.2. The van der Waals surface area contributed by atoms with Gasteiger partial charge in [0.15, 0.2) is 5.96 Å². The molecule has 0 aliphatic heterocycles. The average molecular weight is 1690 g/mol. The monoisotopic (exact) mass is 1690 g/mol. The standard InChI is InChI=1S/C73H119N19O25S/c1-36(2)31-49(88-60(104)41(75)34-57(101)102)69(113)91-52(35-93)70(114)81-42(17-12-13-28-74)62(106)82-44(19-23-53(76)94)64(108)86-48(27-30-118-8)67(111)85-47(22-26-56(99)100)66(110)84-46(21-25-55(97)98)65(109)83-45(20-24-54(95)96)61(105)80-39(7)59(103)92-58(38(5)6)71(115)87-43(18-14-29-79-73(77)78)63(107)89-50(32-37(3)4)68(112)90-51(72(116)117)33-40-15-10-9-11-16-40/h9-11,15-16,36-39,41-52,58,93H,12-14,17-35,74-75H2,1-8H3,(H2,76,94)(H,80,105)(H,81,114)(H,82,106)(H,83,109)(H,84,110)(H,85,111)(H,86,108)(H,87,115)(H,88,104)(H,89,107)(H,90,112)(H,91,113)(H,92,103)(H,95,96)(H,97,98)(H,99,100)(H,101,102)(H,116,117)(H4,77,78,79)/t39-,41-,42-,43-,44-,45-,46-,47-,48-,49-,50-,51-,52-,58-/m0/s1. The van der Waals surface area contributed by atoms with E-state index in [1.165, 1.54) is 13.8 Å². The van der Waals surface area contributed by atoms with Crippen LogP contribution in [0.3, 0.4) is 0 Å². The molecular formula is C73H119N19O25S. The van der Waals surface area contributed by atoms with Crippen molar-refractivity contribution < 1.29 is 122 Å². The SMILES string of the molecule is CSCC[C@H](NC(=O)[C@H](CCC(N)=O)NC(=O)[C@H](CCCCN)NC(=O)[C@H](CO)NC(=O)[C@H](CC(C)C)NC(=O)[C@@H](N)CC(=O)O)C(=O)N[C@@H](CCC(=O)O)C(=O)N[C@@H](CCC(=O)O)C(=O)N[C@@H](CCC(=O)O)C(=O)N[C@@H](C)C(=O)N[C@H](C(=O)N[C@@H](CCCN=C(N)N)C(=O)N[C@@H](CC(C)C)C(=O)N[C@@H](Cc1ccccc1)C(=O)O)C(C)C. The Morgan fingerprint density at radius 3 is 1.13 bits per heavy atom. The number of aliphatic hydroxyl groups is 1. The molecule has 44 nitrogen and oxygen atoms in total. The molecule has 0 spiro atoms. The zero-order chi connectivity index (χ0) is 89.6. The van der Waals surface area contributed by atoms with Gasteiger partial charge in [0.05, 0.1) is 19.1 Å². The minimum Gasteiger partial charge on any atom is -0.481 e. The number of nitrogens with one attached hydrogen (secondary N) is 13. The topological polar surface area (TPSA) is 745 Å². The normalized spacial score (nSPS) is 14.7. The largest absolute Gasteiger partial charge is 0.481 e. The second-order valence-corrected chi connectivity index (χ2v) is 30.1. The Labute approximate surface area is 686 Å². The van der Waals surface area contributed by atoms with Crippen LogP contribution in [-0.2, 0) is 97.5 Å². The molecule has 0 aliphatic carbocycles. The highest BCUT2D eigenvalue weighted by Crippen LogP contribution is 2.16. The van der Waals surface area contributed by atoms with E-state index in [0.29, 0.717) is 5.56 Å². The van der Waals surface area contributed by atoms with E-state index >= 15 is 0 Å². The summed E-state index contributed by atoms with van der Waals surface area (Å²) in [6.45, 7) is 9.97. The Kier molecular flexibility index (Phi) is 49.0. The lowest BCUT2D eigenvalue weighted by Gasteiger charge is -2.29. The van der Waals surface area contributed by atoms with Crippen molar-refractivity contribution in [3.63, 3.8) is 0 Å². The molecule has 1 rings (SSSR count).